The summed E-state index contributed by atoms with van der Waals surface area (Å²) in [5.74, 6) is 0.839. The zero-order chi connectivity index (χ0) is 20.6. The number of hydrogen-bond donors (Lipinski definition) is 0. The SMILES string of the molecule is COS(=O)(=O)c1c(-c2ccc([N+](=O)[O-])cc2)cn2c(N3CCOCC3)cccc12. The normalized spacial score (nSPS) is 15.0. The fourth-order valence-corrected chi connectivity index (χ4v) is 4.55. The van der Waals surface area contributed by atoms with Crippen molar-refractivity contribution < 1.29 is 22.3 Å². The van der Waals surface area contributed by atoms with Crippen LogP contribution in [0.3, 0.4) is 0 Å². The summed E-state index contributed by atoms with van der Waals surface area (Å²) in [5.41, 5.74) is 1.37. The van der Waals surface area contributed by atoms with Crippen LogP contribution in [0.25, 0.3) is 16.6 Å². The lowest BCUT2D eigenvalue weighted by Crippen LogP contribution is -2.37. The summed E-state index contributed by atoms with van der Waals surface area (Å²) in [6.07, 6.45) is 1.73. The second-order valence-electron chi connectivity index (χ2n) is 6.54. The summed E-state index contributed by atoms with van der Waals surface area (Å²) in [4.78, 5) is 12.6. The van der Waals surface area contributed by atoms with Gasteiger partial charge >= 0.3 is 0 Å². The number of ether oxygens (including phenoxy) is 1. The molecule has 0 amide bonds. The van der Waals surface area contributed by atoms with E-state index >= 15 is 0 Å². The molecule has 29 heavy (non-hydrogen) atoms. The predicted octanol–water partition coefficient (Wildman–Crippen LogP) is 2.69. The lowest BCUT2D eigenvalue weighted by Gasteiger charge is -2.29. The van der Waals surface area contributed by atoms with Crippen LogP contribution in [0.2, 0.25) is 0 Å². The minimum absolute atomic E-state index is 0.0314. The van der Waals surface area contributed by atoms with Crippen molar-refractivity contribution in [3.8, 4) is 11.1 Å². The Morgan fingerprint density at radius 2 is 1.79 bits per heavy atom. The Kier molecular flexibility index (Phi) is 4.99. The first kappa shape index (κ1) is 19.4. The number of nitro groups is 1. The van der Waals surface area contributed by atoms with Crippen LogP contribution in [0.15, 0.2) is 53.6 Å². The van der Waals surface area contributed by atoms with Gasteiger partial charge in [0, 0.05) is 37.0 Å². The first-order chi connectivity index (χ1) is 13.9. The van der Waals surface area contributed by atoms with Crippen LogP contribution in [0.4, 0.5) is 11.5 Å². The minimum Gasteiger partial charge on any atom is -0.378 e. The summed E-state index contributed by atoms with van der Waals surface area (Å²) >= 11 is 0. The van der Waals surface area contributed by atoms with E-state index in [0.29, 0.717) is 42.9 Å². The Morgan fingerprint density at radius 3 is 2.41 bits per heavy atom. The number of non-ortho nitro benzene ring substituents is 1. The maximum Gasteiger partial charge on any atom is 0.299 e. The van der Waals surface area contributed by atoms with Gasteiger partial charge in [-0.25, -0.2) is 0 Å². The van der Waals surface area contributed by atoms with Gasteiger partial charge in [0.25, 0.3) is 15.8 Å². The molecule has 0 unspecified atom stereocenters. The first-order valence-corrected chi connectivity index (χ1v) is 10.4. The van der Waals surface area contributed by atoms with E-state index in [1.165, 1.54) is 24.3 Å². The number of rotatable bonds is 5. The highest BCUT2D eigenvalue weighted by Gasteiger charge is 2.27. The molecule has 0 N–H and O–H groups in total. The molecule has 0 radical (unpaired) electrons. The van der Waals surface area contributed by atoms with Gasteiger partial charge in [0.2, 0.25) is 0 Å². The van der Waals surface area contributed by atoms with Crippen LogP contribution in [0.5, 0.6) is 0 Å². The van der Waals surface area contributed by atoms with Crippen molar-refractivity contribution in [3.05, 3.63) is 58.8 Å². The highest BCUT2D eigenvalue weighted by atomic mass is 32.2. The Balaban J connectivity index is 1.95. The number of benzene rings is 1. The molecule has 3 heterocycles. The van der Waals surface area contributed by atoms with Crippen LogP contribution in [-0.2, 0) is 19.0 Å². The number of nitrogens with zero attached hydrogens (tertiary/aromatic N) is 3. The van der Waals surface area contributed by atoms with E-state index in [1.807, 2.05) is 10.5 Å². The van der Waals surface area contributed by atoms with E-state index in [2.05, 4.69) is 4.90 Å². The average molecular weight is 417 g/mol. The third-order valence-corrected chi connectivity index (χ3v) is 6.30. The van der Waals surface area contributed by atoms with E-state index in [9.17, 15) is 18.5 Å². The molecule has 1 saturated heterocycles. The molecule has 0 spiro atoms. The third kappa shape index (κ3) is 3.46. The van der Waals surface area contributed by atoms with Crippen molar-refractivity contribution in [2.45, 2.75) is 4.90 Å². The van der Waals surface area contributed by atoms with Gasteiger partial charge in [-0.2, -0.15) is 8.42 Å². The standard InChI is InChI=1S/C19H19N3O6S/c1-27-29(25,26)19-16(14-5-7-15(8-6-14)22(23)24)13-21-17(19)3-2-4-18(21)20-9-11-28-12-10-20/h2-8,13H,9-12H2,1H3. The number of morpholine rings is 1. The van der Waals surface area contributed by atoms with Gasteiger partial charge in [-0.1, -0.05) is 6.07 Å². The van der Waals surface area contributed by atoms with Crippen LogP contribution < -0.4 is 4.90 Å². The van der Waals surface area contributed by atoms with Crippen molar-refractivity contribution in [1.29, 1.82) is 0 Å². The molecule has 0 saturated carbocycles. The molecule has 0 aliphatic carbocycles. The average Bonchev–Trinajstić information content (AvgIpc) is 3.15. The van der Waals surface area contributed by atoms with Crippen molar-refractivity contribution in [3.63, 3.8) is 0 Å². The summed E-state index contributed by atoms with van der Waals surface area (Å²) in [6.45, 7) is 2.57. The van der Waals surface area contributed by atoms with Gasteiger partial charge in [0.1, 0.15) is 10.7 Å². The van der Waals surface area contributed by atoms with Crippen LogP contribution in [-0.4, -0.2) is 51.2 Å². The molecule has 9 nitrogen and oxygen atoms in total. The summed E-state index contributed by atoms with van der Waals surface area (Å²) in [5, 5.41) is 11.0. The van der Waals surface area contributed by atoms with Gasteiger partial charge in [0.15, 0.2) is 0 Å². The van der Waals surface area contributed by atoms with Gasteiger partial charge in [0.05, 0.1) is 30.8 Å². The van der Waals surface area contributed by atoms with Crippen molar-refractivity contribution in [1.82, 2.24) is 4.40 Å². The molecule has 1 aliphatic heterocycles. The molecule has 0 atom stereocenters. The number of aromatic nitrogens is 1. The molecule has 0 bridgehead atoms. The smallest absolute Gasteiger partial charge is 0.299 e. The Labute approximate surface area is 167 Å². The number of anilines is 1. The Morgan fingerprint density at radius 1 is 1.10 bits per heavy atom. The molecule has 10 heteroatoms. The van der Waals surface area contributed by atoms with Gasteiger partial charge in [-0.05, 0) is 29.8 Å². The van der Waals surface area contributed by atoms with Crippen LogP contribution in [0, 0.1) is 10.1 Å². The van der Waals surface area contributed by atoms with Gasteiger partial charge < -0.3 is 14.0 Å². The van der Waals surface area contributed by atoms with Crippen molar-refractivity contribution in [2.24, 2.45) is 0 Å². The Hall–Kier alpha value is -2.95. The number of fused-ring (bicyclic) bond motifs is 1. The topological polar surface area (TPSA) is 103 Å². The number of nitro benzene ring substituents is 1. The lowest BCUT2D eigenvalue weighted by atomic mass is 10.1. The molecular weight excluding hydrogens is 398 g/mol. The second-order valence-corrected chi connectivity index (χ2v) is 8.19. The fraction of sp³-hybridized carbons (Fsp3) is 0.263. The monoisotopic (exact) mass is 417 g/mol. The molecule has 2 aromatic heterocycles. The molecule has 3 aromatic rings. The van der Waals surface area contributed by atoms with E-state index in [4.69, 9.17) is 8.92 Å². The quantitative estimate of drug-likeness (QED) is 0.357. The van der Waals surface area contributed by atoms with Gasteiger partial charge in [-0.15, -0.1) is 0 Å². The van der Waals surface area contributed by atoms with Crippen molar-refractivity contribution >= 4 is 27.1 Å². The summed E-state index contributed by atoms with van der Waals surface area (Å²) in [6, 6.07) is 11.2. The van der Waals surface area contributed by atoms with Crippen molar-refractivity contribution in [2.75, 3.05) is 38.3 Å². The first-order valence-electron chi connectivity index (χ1n) is 8.94. The maximum absolute atomic E-state index is 12.8. The number of hydrogen-bond acceptors (Lipinski definition) is 7. The van der Waals surface area contributed by atoms with E-state index in [0.717, 1.165) is 12.9 Å². The van der Waals surface area contributed by atoms with Crippen LogP contribution in [0.1, 0.15) is 0 Å². The molecule has 4 rings (SSSR count). The zero-order valence-electron chi connectivity index (χ0n) is 15.6. The van der Waals surface area contributed by atoms with Crippen LogP contribution >= 0.6 is 0 Å². The third-order valence-electron chi connectivity index (χ3n) is 4.93. The highest BCUT2D eigenvalue weighted by Crippen LogP contribution is 2.36. The zero-order valence-corrected chi connectivity index (χ0v) is 16.5. The van der Waals surface area contributed by atoms with E-state index in [1.54, 1.807) is 18.3 Å². The maximum atomic E-state index is 12.8. The molecule has 152 valence electrons. The highest BCUT2D eigenvalue weighted by molar-refractivity contribution is 7.87. The second kappa shape index (κ2) is 7.47. The minimum atomic E-state index is -4.03. The lowest BCUT2D eigenvalue weighted by molar-refractivity contribution is -0.384. The molecule has 1 fully saturated rings. The fourth-order valence-electron chi connectivity index (χ4n) is 3.52. The predicted molar refractivity (Wildman–Crippen MR) is 107 cm³/mol. The molecule has 1 aliphatic rings. The van der Waals surface area contributed by atoms with Gasteiger partial charge in [-0.3, -0.25) is 14.3 Å². The Bertz CT molecular complexity index is 1160. The molecule has 1 aromatic carbocycles. The number of pyridine rings is 1. The molecular formula is C19H19N3O6S. The van der Waals surface area contributed by atoms with E-state index < -0.39 is 15.0 Å². The summed E-state index contributed by atoms with van der Waals surface area (Å²) in [7, 11) is -2.92. The summed E-state index contributed by atoms with van der Waals surface area (Å²) < 4.78 is 37.6. The van der Waals surface area contributed by atoms with E-state index in [-0.39, 0.29) is 10.6 Å². The largest absolute Gasteiger partial charge is 0.378 e.